The van der Waals surface area contributed by atoms with Crippen LogP contribution in [0.25, 0.3) is 6.08 Å². The average molecular weight is 298 g/mol. The second kappa shape index (κ2) is 8.78. The van der Waals surface area contributed by atoms with Crippen LogP contribution >= 0.6 is 0 Å². The molecule has 0 bridgehead atoms. The molecule has 0 radical (unpaired) electrons. The summed E-state index contributed by atoms with van der Waals surface area (Å²) < 4.78 is 16.2. The van der Waals surface area contributed by atoms with Crippen molar-refractivity contribution in [3.05, 3.63) is 60.2 Å². The van der Waals surface area contributed by atoms with E-state index in [4.69, 9.17) is 14.2 Å². The van der Waals surface area contributed by atoms with Gasteiger partial charge in [-0.05, 0) is 42.7 Å². The zero-order chi connectivity index (χ0) is 15.6. The van der Waals surface area contributed by atoms with E-state index in [9.17, 15) is 0 Å². The van der Waals surface area contributed by atoms with E-state index < -0.39 is 0 Å². The molecule has 0 N–H and O–H groups in total. The van der Waals surface area contributed by atoms with Crippen LogP contribution in [0.4, 0.5) is 0 Å². The van der Waals surface area contributed by atoms with Gasteiger partial charge in [-0.2, -0.15) is 0 Å². The molecule has 0 spiro atoms. The van der Waals surface area contributed by atoms with Crippen molar-refractivity contribution >= 4 is 6.08 Å². The van der Waals surface area contributed by atoms with Gasteiger partial charge in [-0.3, -0.25) is 0 Å². The van der Waals surface area contributed by atoms with Crippen LogP contribution in [-0.2, 0) is 0 Å². The molecule has 0 heterocycles. The lowest BCUT2D eigenvalue weighted by Crippen LogP contribution is -1.95. The monoisotopic (exact) mass is 298 g/mol. The lowest BCUT2D eigenvalue weighted by Gasteiger charge is -2.06. The van der Waals surface area contributed by atoms with Gasteiger partial charge in [0.2, 0.25) is 0 Å². The molecule has 22 heavy (non-hydrogen) atoms. The Kier molecular flexibility index (Phi) is 6.37. The zero-order valence-electron chi connectivity index (χ0n) is 13.1. The Morgan fingerprint density at radius 1 is 0.864 bits per heavy atom. The molecule has 0 saturated heterocycles. The second-order valence-electron chi connectivity index (χ2n) is 4.85. The molecule has 0 aliphatic rings. The van der Waals surface area contributed by atoms with Crippen LogP contribution in [-0.4, -0.2) is 20.8 Å². The van der Waals surface area contributed by atoms with E-state index in [1.54, 1.807) is 14.2 Å². The van der Waals surface area contributed by atoms with Crippen LogP contribution in [0.3, 0.4) is 0 Å². The number of methoxy groups -OCH3 is 2. The van der Waals surface area contributed by atoms with Crippen molar-refractivity contribution in [3.8, 4) is 17.2 Å². The molecule has 0 saturated carbocycles. The fraction of sp³-hybridized carbons (Fsp3) is 0.263. The molecule has 0 fully saturated rings. The van der Waals surface area contributed by atoms with Crippen molar-refractivity contribution in [2.45, 2.75) is 12.8 Å². The van der Waals surface area contributed by atoms with Gasteiger partial charge < -0.3 is 14.2 Å². The van der Waals surface area contributed by atoms with Crippen LogP contribution in [0, 0.1) is 0 Å². The lowest BCUT2D eigenvalue weighted by molar-refractivity contribution is 0.312. The SMILES string of the molecule is COc1cc(C=CCCCOc2ccccc2)cc(OC)c1. The van der Waals surface area contributed by atoms with Crippen LogP contribution in [0.2, 0.25) is 0 Å². The van der Waals surface area contributed by atoms with Crippen molar-refractivity contribution in [2.24, 2.45) is 0 Å². The standard InChI is InChI=1S/C19H22O3/c1-20-18-13-16(14-19(15-18)21-2)9-5-4-8-12-22-17-10-6-3-7-11-17/h3,5-7,9-11,13-15H,4,8,12H2,1-2H3. The van der Waals surface area contributed by atoms with Crippen LogP contribution in [0.1, 0.15) is 18.4 Å². The van der Waals surface area contributed by atoms with Crippen molar-refractivity contribution in [1.29, 1.82) is 0 Å². The molecule has 0 aromatic heterocycles. The summed E-state index contributed by atoms with van der Waals surface area (Å²) in [5, 5.41) is 0. The van der Waals surface area contributed by atoms with Gasteiger partial charge in [-0.25, -0.2) is 0 Å². The molecule has 0 atom stereocenters. The number of para-hydroxylation sites is 1. The summed E-state index contributed by atoms with van der Waals surface area (Å²) in [4.78, 5) is 0. The van der Waals surface area contributed by atoms with Crippen molar-refractivity contribution in [2.75, 3.05) is 20.8 Å². The first-order valence-electron chi connectivity index (χ1n) is 7.39. The van der Waals surface area contributed by atoms with Crippen LogP contribution in [0.15, 0.2) is 54.6 Å². The van der Waals surface area contributed by atoms with Gasteiger partial charge >= 0.3 is 0 Å². The highest BCUT2D eigenvalue weighted by Gasteiger charge is 1.99. The van der Waals surface area contributed by atoms with E-state index in [0.29, 0.717) is 0 Å². The van der Waals surface area contributed by atoms with Gasteiger partial charge in [0.15, 0.2) is 0 Å². The highest BCUT2D eigenvalue weighted by Crippen LogP contribution is 2.23. The van der Waals surface area contributed by atoms with E-state index in [0.717, 1.165) is 42.3 Å². The largest absolute Gasteiger partial charge is 0.497 e. The quantitative estimate of drug-likeness (QED) is 0.668. The Bertz CT molecular complexity index is 569. The Balaban J connectivity index is 1.77. The van der Waals surface area contributed by atoms with Gasteiger partial charge in [0.25, 0.3) is 0 Å². The Hall–Kier alpha value is -2.42. The zero-order valence-corrected chi connectivity index (χ0v) is 13.1. The van der Waals surface area contributed by atoms with Crippen molar-refractivity contribution in [3.63, 3.8) is 0 Å². The number of ether oxygens (including phenoxy) is 3. The summed E-state index contributed by atoms with van der Waals surface area (Å²) in [5.41, 5.74) is 1.07. The Labute approximate surface area is 132 Å². The van der Waals surface area contributed by atoms with E-state index in [2.05, 4.69) is 12.2 Å². The molecule has 0 unspecified atom stereocenters. The first kappa shape index (κ1) is 16.0. The number of hydrogen-bond donors (Lipinski definition) is 0. The topological polar surface area (TPSA) is 27.7 Å². The Morgan fingerprint density at radius 2 is 1.55 bits per heavy atom. The molecule has 2 aromatic carbocycles. The number of allylic oxidation sites excluding steroid dienone is 1. The summed E-state index contributed by atoms with van der Waals surface area (Å²) >= 11 is 0. The minimum atomic E-state index is 0.718. The normalized spacial score (nSPS) is 10.6. The van der Waals surface area contributed by atoms with E-state index in [1.165, 1.54) is 0 Å². The first-order chi connectivity index (χ1) is 10.8. The van der Waals surface area contributed by atoms with E-state index in [1.807, 2.05) is 48.5 Å². The molecule has 116 valence electrons. The van der Waals surface area contributed by atoms with Gasteiger partial charge in [0.1, 0.15) is 17.2 Å². The van der Waals surface area contributed by atoms with Crippen LogP contribution in [0.5, 0.6) is 17.2 Å². The summed E-state index contributed by atoms with van der Waals surface area (Å²) in [7, 11) is 3.31. The molecular weight excluding hydrogens is 276 g/mol. The average Bonchev–Trinajstić information content (AvgIpc) is 2.58. The highest BCUT2D eigenvalue weighted by molar-refractivity contribution is 5.55. The maximum absolute atomic E-state index is 5.66. The molecule has 2 aromatic rings. The predicted octanol–water partition coefficient (Wildman–Crippen LogP) is 4.58. The van der Waals surface area contributed by atoms with Crippen LogP contribution < -0.4 is 14.2 Å². The Morgan fingerprint density at radius 3 is 2.18 bits per heavy atom. The third-order valence-electron chi connectivity index (χ3n) is 3.21. The van der Waals surface area contributed by atoms with Gasteiger partial charge in [0.05, 0.1) is 20.8 Å². The highest BCUT2D eigenvalue weighted by atomic mass is 16.5. The minimum Gasteiger partial charge on any atom is -0.497 e. The summed E-state index contributed by atoms with van der Waals surface area (Å²) in [6, 6.07) is 15.7. The maximum Gasteiger partial charge on any atom is 0.123 e. The second-order valence-corrected chi connectivity index (χ2v) is 4.85. The summed E-state index contributed by atoms with van der Waals surface area (Å²) in [6.07, 6.45) is 6.16. The molecule has 3 nitrogen and oxygen atoms in total. The summed E-state index contributed by atoms with van der Waals surface area (Å²) in [5.74, 6) is 2.52. The fourth-order valence-corrected chi connectivity index (χ4v) is 2.05. The third-order valence-corrected chi connectivity index (χ3v) is 3.21. The van der Waals surface area contributed by atoms with Gasteiger partial charge in [-0.1, -0.05) is 30.4 Å². The predicted molar refractivity (Wildman–Crippen MR) is 89.8 cm³/mol. The maximum atomic E-state index is 5.66. The molecule has 3 heteroatoms. The molecule has 0 aliphatic heterocycles. The molecular formula is C19H22O3. The van der Waals surface area contributed by atoms with Crippen molar-refractivity contribution in [1.82, 2.24) is 0 Å². The lowest BCUT2D eigenvalue weighted by atomic mass is 10.1. The number of unbranched alkanes of at least 4 members (excludes halogenated alkanes) is 1. The number of rotatable bonds is 8. The third kappa shape index (κ3) is 5.17. The van der Waals surface area contributed by atoms with E-state index in [-0.39, 0.29) is 0 Å². The number of hydrogen-bond acceptors (Lipinski definition) is 3. The minimum absolute atomic E-state index is 0.718. The molecule has 0 amide bonds. The first-order valence-corrected chi connectivity index (χ1v) is 7.39. The fourth-order valence-electron chi connectivity index (χ4n) is 2.05. The van der Waals surface area contributed by atoms with Gasteiger partial charge in [-0.15, -0.1) is 0 Å². The van der Waals surface area contributed by atoms with E-state index >= 15 is 0 Å². The van der Waals surface area contributed by atoms with Crippen molar-refractivity contribution < 1.29 is 14.2 Å². The number of benzene rings is 2. The smallest absolute Gasteiger partial charge is 0.123 e. The molecule has 2 rings (SSSR count). The van der Waals surface area contributed by atoms with Gasteiger partial charge in [0, 0.05) is 6.07 Å². The summed E-state index contributed by atoms with van der Waals surface area (Å²) in [6.45, 7) is 0.718. The molecule has 0 aliphatic carbocycles.